The Morgan fingerprint density at radius 1 is 1.44 bits per heavy atom. The van der Waals surface area contributed by atoms with Crippen LogP contribution in [0, 0.1) is 6.92 Å². The molecule has 2 N–H and O–H groups in total. The van der Waals surface area contributed by atoms with E-state index in [0.29, 0.717) is 0 Å². The second-order valence-corrected chi connectivity index (χ2v) is 3.32. The number of esters is 1. The number of nitrogens with one attached hydrogen (secondary N) is 1. The molecule has 0 saturated carbocycles. The highest BCUT2D eigenvalue weighted by atomic mass is 16.5. The molecule has 1 aromatic carbocycles. The van der Waals surface area contributed by atoms with E-state index >= 15 is 0 Å². The molecule has 0 fully saturated rings. The number of carbonyl (C=O) groups is 2. The Morgan fingerprint density at radius 2 is 2.12 bits per heavy atom. The summed E-state index contributed by atoms with van der Waals surface area (Å²) < 4.78 is 4.35. The van der Waals surface area contributed by atoms with Crippen LogP contribution >= 0.6 is 0 Å². The molecule has 0 heterocycles. The van der Waals surface area contributed by atoms with Gasteiger partial charge in [-0.3, -0.25) is 9.59 Å². The molecular weight excluding hydrogens is 210 g/mol. The maximum absolute atomic E-state index is 11.3. The number of carbonyl (C=O) groups excluding carboxylic acids is 2. The topological polar surface area (TPSA) is 75.6 Å². The molecular formula is C11H13NO4. The zero-order valence-corrected chi connectivity index (χ0v) is 9.11. The van der Waals surface area contributed by atoms with E-state index in [1.54, 1.807) is 12.1 Å². The second-order valence-electron chi connectivity index (χ2n) is 3.32. The quantitative estimate of drug-likeness (QED) is 0.458. The largest absolute Gasteiger partial charge is 0.506 e. The first-order valence-corrected chi connectivity index (χ1v) is 4.69. The molecule has 0 saturated heterocycles. The van der Waals surface area contributed by atoms with Gasteiger partial charge in [-0.1, -0.05) is 6.07 Å². The molecule has 0 aromatic heterocycles. The zero-order chi connectivity index (χ0) is 12.1. The molecule has 0 unspecified atom stereocenters. The van der Waals surface area contributed by atoms with Crippen molar-refractivity contribution in [3.05, 3.63) is 23.8 Å². The minimum Gasteiger partial charge on any atom is -0.506 e. The maximum Gasteiger partial charge on any atom is 0.315 e. The summed E-state index contributed by atoms with van der Waals surface area (Å²) in [5, 5.41) is 11.9. The van der Waals surface area contributed by atoms with Gasteiger partial charge in [-0.25, -0.2) is 0 Å². The fourth-order valence-electron chi connectivity index (χ4n) is 1.15. The van der Waals surface area contributed by atoms with Gasteiger partial charge in [-0.2, -0.15) is 0 Å². The Balaban J connectivity index is 2.69. The minimum atomic E-state index is -0.621. The van der Waals surface area contributed by atoms with Crippen molar-refractivity contribution in [1.82, 2.24) is 0 Å². The van der Waals surface area contributed by atoms with Crippen LogP contribution in [0.1, 0.15) is 12.0 Å². The number of rotatable bonds is 3. The molecule has 0 radical (unpaired) electrons. The third-order valence-corrected chi connectivity index (χ3v) is 1.96. The summed E-state index contributed by atoms with van der Waals surface area (Å²) in [6.07, 6.45) is -0.371. The molecule has 0 atom stereocenters. The van der Waals surface area contributed by atoms with Crippen LogP contribution in [0.4, 0.5) is 5.69 Å². The number of benzene rings is 1. The number of phenols is 1. The Labute approximate surface area is 93.0 Å². The molecule has 0 aliphatic rings. The highest BCUT2D eigenvalue weighted by Gasteiger charge is 2.11. The van der Waals surface area contributed by atoms with Crippen LogP contribution in [0.5, 0.6) is 5.75 Å². The van der Waals surface area contributed by atoms with Gasteiger partial charge >= 0.3 is 5.97 Å². The first-order valence-electron chi connectivity index (χ1n) is 4.69. The lowest BCUT2D eigenvalue weighted by Crippen LogP contribution is -2.17. The minimum absolute atomic E-state index is 0.0381. The van der Waals surface area contributed by atoms with Gasteiger partial charge in [0, 0.05) is 0 Å². The van der Waals surface area contributed by atoms with E-state index in [1.807, 2.05) is 6.92 Å². The Kier molecular flexibility index (Phi) is 3.88. The van der Waals surface area contributed by atoms with Crippen molar-refractivity contribution in [1.29, 1.82) is 0 Å². The molecule has 0 aliphatic carbocycles. The van der Waals surface area contributed by atoms with Gasteiger partial charge in [0.05, 0.1) is 12.8 Å². The molecule has 0 aliphatic heterocycles. The highest BCUT2D eigenvalue weighted by molar-refractivity contribution is 6.02. The normalized spacial score (nSPS) is 9.62. The zero-order valence-electron chi connectivity index (χ0n) is 9.11. The summed E-state index contributed by atoms with van der Waals surface area (Å²) in [4.78, 5) is 22.1. The Hall–Kier alpha value is -2.04. The van der Waals surface area contributed by atoms with Crippen molar-refractivity contribution in [2.24, 2.45) is 0 Å². The number of hydrogen-bond donors (Lipinski definition) is 2. The van der Waals surface area contributed by atoms with Crippen molar-refractivity contribution in [3.63, 3.8) is 0 Å². The molecule has 0 bridgehead atoms. The SMILES string of the molecule is COC(=O)CC(=O)Nc1cc(C)ccc1O. The fraction of sp³-hybridized carbons (Fsp3) is 0.273. The van der Waals surface area contributed by atoms with Crippen molar-refractivity contribution < 1.29 is 19.4 Å². The molecule has 1 amide bonds. The van der Waals surface area contributed by atoms with Crippen molar-refractivity contribution in [3.8, 4) is 5.75 Å². The van der Waals surface area contributed by atoms with Crippen LogP contribution < -0.4 is 5.32 Å². The third kappa shape index (κ3) is 3.27. The summed E-state index contributed by atoms with van der Waals surface area (Å²) in [6, 6.07) is 4.80. The highest BCUT2D eigenvalue weighted by Crippen LogP contribution is 2.23. The van der Waals surface area contributed by atoms with Gasteiger partial charge in [0.15, 0.2) is 0 Å². The van der Waals surface area contributed by atoms with E-state index in [-0.39, 0.29) is 17.9 Å². The lowest BCUT2D eigenvalue weighted by molar-refractivity contribution is -0.142. The summed E-state index contributed by atoms with van der Waals surface area (Å²) in [5.41, 5.74) is 1.18. The molecule has 5 nitrogen and oxygen atoms in total. The van der Waals surface area contributed by atoms with Crippen LogP contribution in [0.15, 0.2) is 18.2 Å². The monoisotopic (exact) mass is 223 g/mol. The number of methoxy groups -OCH3 is 1. The first kappa shape index (κ1) is 12.0. The van der Waals surface area contributed by atoms with Gasteiger partial charge in [-0.05, 0) is 24.6 Å². The second kappa shape index (κ2) is 5.16. The average molecular weight is 223 g/mol. The van der Waals surface area contributed by atoms with Crippen LogP contribution in [0.25, 0.3) is 0 Å². The fourth-order valence-corrected chi connectivity index (χ4v) is 1.15. The lowest BCUT2D eigenvalue weighted by Gasteiger charge is -2.07. The lowest BCUT2D eigenvalue weighted by atomic mass is 10.2. The predicted molar refractivity (Wildman–Crippen MR) is 58.1 cm³/mol. The Morgan fingerprint density at radius 3 is 2.75 bits per heavy atom. The molecule has 16 heavy (non-hydrogen) atoms. The van der Waals surface area contributed by atoms with Crippen molar-refractivity contribution in [2.45, 2.75) is 13.3 Å². The maximum atomic E-state index is 11.3. The van der Waals surface area contributed by atoms with E-state index in [4.69, 9.17) is 0 Å². The number of phenolic OH excluding ortho intramolecular Hbond substituents is 1. The van der Waals surface area contributed by atoms with Gasteiger partial charge in [0.25, 0.3) is 0 Å². The number of ether oxygens (including phenoxy) is 1. The van der Waals surface area contributed by atoms with Crippen molar-refractivity contribution >= 4 is 17.6 Å². The van der Waals surface area contributed by atoms with E-state index in [9.17, 15) is 14.7 Å². The first-order chi connectivity index (χ1) is 7.52. The molecule has 5 heteroatoms. The number of amides is 1. The Bertz CT molecular complexity index is 414. The molecule has 1 rings (SSSR count). The van der Waals surface area contributed by atoms with Gasteiger partial charge in [-0.15, -0.1) is 0 Å². The van der Waals surface area contributed by atoms with Gasteiger partial charge < -0.3 is 15.2 Å². The molecule has 1 aromatic rings. The van der Waals surface area contributed by atoms with Crippen LogP contribution in [-0.2, 0) is 14.3 Å². The van der Waals surface area contributed by atoms with Gasteiger partial charge in [0.2, 0.25) is 5.91 Å². The van der Waals surface area contributed by atoms with Crippen molar-refractivity contribution in [2.75, 3.05) is 12.4 Å². The summed E-state index contributed by atoms with van der Waals surface area (Å²) in [6.45, 7) is 1.83. The van der Waals surface area contributed by atoms with E-state index in [2.05, 4.69) is 10.1 Å². The smallest absolute Gasteiger partial charge is 0.315 e. The predicted octanol–water partition coefficient (Wildman–Crippen LogP) is 1.20. The summed E-state index contributed by atoms with van der Waals surface area (Å²) in [5.74, 6) is -1.18. The summed E-state index contributed by atoms with van der Waals surface area (Å²) in [7, 11) is 1.21. The van der Waals surface area contributed by atoms with E-state index in [1.165, 1.54) is 13.2 Å². The summed E-state index contributed by atoms with van der Waals surface area (Å²) >= 11 is 0. The van der Waals surface area contributed by atoms with E-state index in [0.717, 1.165) is 5.56 Å². The third-order valence-electron chi connectivity index (χ3n) is 1.96. The molecule has 86 valence electrons. The average Bonchev–Trinajstić information content (AvgIpc) is 2.23. The number of anilines is 1. The molecule has 0 spiro atoms. The van der Waals surface area contributed by atoms with Crippen LogP contribution in [0.3, 0.4) is 0 Å². The van der Waals surface area contributed by atoms with Gasteiger partial charge in [0.1, 0.15) is 12.2 Å². The van der Waals surface area contributed by atoms with Crippen LogP contribution in [-0.4, -0.2) is 24.1 Å². The number of aryl methyl sites for hydroxylation is 1. The van der Waals surface area contributed by atoms with E-state index < -0.39 is 11.9 Å². The number of hydrogen-bond acceptors (Lipinski definition) is 4. The number of aromatic hydroxyl groups is 1. The van der Waals surface area contributed by atoms with Crippen LogP contribution in [0.2, 0.25) is 0 Å². The standard InChI is InChI=1S/C11H13NO4/c1-7-3-4-9(13)8(5-7)12-10(14)6-11(15)16-2/h3-5,13H,6H2,1-2H3,(H,12,14).